The summed E-state index contributed by atoms with van der Waals surface area (Å²) < 4.78 is 44.2. The smallest absolute Gasteiger partial charge is 0.429 e. The van der Waals surface area contributed by atoms with Crippen molar-refractivity contribution < 1.29 is 57.1 Å². The van der Waals surface area contributed by atoms with Gasteiger partial charge in [-0.15, -0.1) is 0 Å². The van der Waals surface area contributed by atoms with E-state index in [1.165, 1.54) is 0 Å². The summed E-state index contributed by atoms with van der Waals surface area (Å²) in [6, 6.07) is 5.18. The van der Waals surface area contributed by atoms with E-state index in [1.807, 2.05) is 18.2 Å². The number of benzene rings is 1. The molecule has 302 valence electrons. The lowest BCUT2D eigenvalue weighted by atomic mass is 9.64. The maximum Gasteiger partial charge on any atom is 0.514 e. The fourth-order valence-corrected chi connectivity index (χ4v) is 6.27. The number of allylic oxidation sites excluding steroid dienone is 2. The summed E-state index contributed by atoms with van der Waals surface area (Å²) in [5.74, 6) is 0.461. The molecule has 1 aromatic rings. The van der Waals surface area contributed by atoms with Crippen molar-refractivity contribution in [1.29, 1.82) is 0 Å². The Balaban J connectivity index is 1.83. The molecule has 0 aromatic heterocycles. The number of rotatable bonds is 7. The summed E-state index contributed by atoms with van der Waals surface area (Å²) >= 11 is 0. The van der Waals surface area contributed by atoms with Gasteiger partial charge in [-0.25, -0.2) is 19.2 Å². The van der Waals surface area contributed by atoms with Crippen LogP contribution in [0.3, 0.4) is 0 Å². The van der Waals surface area contributed by atoms with E-state index in [4.69, 9.17) is 37.9 Å². The quantitative estimate of drug-likeness (QED) is 0.148. The minimum Gasteiger partial charge on any atom is -0.429 e. The van der Waals surface area contributed by atoms with Crippen molar-refractivity contribution in [1.82, 2.24) is 0 Å². The molecular formula is C42H62O12. The van der Waals surface area contributed by atoms with Crippen LogP contribution in [0.2, 0.25) is 0 Å². The van der Waals surface area contributed by atoms with Crippen LogP contribution >= 0.6 is 0 Å². The van der Waals surface area contributed by atoms with Crippen molar-refractivity contribution in [3.8, 4) is 11.5 Å². The molecule has 2 atom stereocenters. The second-order valence-electron chi connectivity index (χ2n) is 18.8. The average Bonchev–Trinajstić information content (AvgIpc) is 2.95. The standard InChI is InChI=1S/C42H62O12/c1-37(2,3)50-33(43)47-30-21-20-29(25-31(30)48-34(44)51-38(4,5)6)41(13,14)28-18-16-26(17-19-28)27-22-23-42(15,54-36(46)53-40(10,11)12)32(24-27)49-35(45)52-39(7,8)9/h20-26,28,32H,16-19H2,1-15H3. The molecule has 2 aliphatic carbocycles. The van der Waals surface area contributed by atoms with E-state index in [2.05, 4.69) is 13.8 Å². The number of ether oxygens (including phenoxy) is 8. The molecule has 0 amide bonds. The first kappa shape index (κ1) is 44.2. The third-order valence-corrected chi connectivity index (χ3v) is 8.89. The lowest BCUT2D eigenvalue weighted by molar-refractivity contribution is -0.0951. The molecule has 0 aliphatic heterocycles. The molecule has 0 saturated heterocycles. The number of carbonyl (C=O) groups excluding carboxylic acids is 4. The van der Waals surface area contributed by atoms with Gasteiger partial charge in [0.25, 0.3) is 0 Å². The SMILES string of the molecule is CC(C)(C)OC(=O)Oc1ccc(C(C)(C)C2CCC(C3=CC(OC(=O)OC(C)(C)C)C(C)(OC(=O)OC(C)(C)C)C=C3)CC2)cc1OC(=O)OC(C)(C)C. The van der Waals surface area contributed by atoms with Crippen LogP contribution < -0.4 is 9.47 Å². The van der Waals surface area contributed by atoms with Gasteiger partial charge < -0.3 is 37.9 Å². The van der Waals surface area contributed by atoms with E-state index in [-0.39, 0.29) is 28.7 Å². The van der Waals surface area contributed by atoms with Crippen molar-refractivity contribution in [2.75, 3.05) is 0 Å². The van der Waals surface area contributed by atoms with Gasteiger partial charge in [0.15, 0.2) is 23.2 Å². The maximum atomic E-state index is 12.8. The summed E-state index contributed by atoms with van der Waals surface area (Å²) in [7, 11) is 0. The van der Waals surface area contributed by atoms with Gasteiger partial charge in [-0.05, 0) is 168 Å². The van der Waals surface area contributed by atoms with Gasteiger partial charge in [0.05, 0.1) is 0 Å². The Morgan fingerprint density at radius 3 is 1.57 bits per heavy atom. The normalized spacial score (nSPS) is 22.3. The Labute approximate surface area is 321 Å². The number of carbonyl (C=O) groups is 4. The van der Waals surface area contributed by atoms with E-state index >= 15 is 0 Å². The highest BCUT2D eigenvalue weighted by Crippen LogP contribution is 2.47. The molecule has 12 nitrogen and oxygen atoms in total. The van der Waals surface area contributed by atoms with Crippen molar-refractivity contribution in [3.63, 3.8) is 0 Å². The molecule has 0 bridgehead atoms. The summed E-state index contributed by atoms with van der Waals surface area (Å²) in [5, 5.41) is 0. The third-order valence-electron chi connectivity index (χ3n) is 8.89. The van der Waals surface area contributed by atoms with Crippen LogP contribution in [0.1, 0.15) is 135 Å². The number of hydrogen-bond donors (Lipinski definition) is 0. The highest BCUT2D eigenvalue weighted by Gasteiger charge is 2.44. The lowest BCUT2D eigenvalue weighted by Crippen LogP contribution is -2.47. The molecule has 12 heteroatoms. The highest BCUT2D eigenvalue weighted by molar-refractivity contribution is 5.70. The first-order chi connectivity index (χ1) is 24.4. The Hall–Kier alpha value is -4.22. The Bertz CT molecular complexity index is 1580. The van der Waals surface area contributed by atoms with Crippen LogP contribution in [-0.4, -0.2) is 58.7 Å². The molecule has 0 radical (unpaired) electrons. The van der Waals surface area contributed by atoms with Gasteiger partial charge in [0, 0.05) is 0 Å². The fraction of sp³-hybridized carbons (Fsp3) is 0.667. The Morgan fingerprint density at radius 1 is 0.611 bits per heavy atom. The summed E-state index contributed by atoms with van der Waals surface area (Å²) in [4.78, 5) is 50.9. The van der Waals surface area contributed by atoms with E-state index in [1.54, 1.807) is 108 Å². The Kier molecular flexibility index (Phi) is 13.3. The summed E-state index contributed by atoms with van der Waals surface area (Å²) in [6.07, 6.45) is 4.36. The molecule has 3 rings (SSSR count). The first-order valence-corrected chi connectivity index (χ1v) is 18.6. The summed E-state index contributed by atoms with van der Waals surface area (Å²) in [6.45, 7) is 26.8. The average molecular weight is 759 g/mol. The van der Waals surface area contributed by atoms with Crippen molar-refractivity contribution in [2.24, 2.45) is 11.8 Å². The molecule has 2 aliphatic rings. The highest BCUT2D eigenvalue weighted by atomic mass is 16.8. The molecule has 1 fully saturated rings. The molecule has 0 spiro atoms. The molecule has 0 N–H and O–H groups in total. The first-order valence-electron chi connectivity index (χ1n) is 18.6. The van der Waals surface area contributed by atoms with Crippen LogP contribution in [0.25, 0.3) is 0 Å². The van der Waals surface area contributed by atoms with Gasteiger partial charge >= 0.3 is 24.6 Å². The zero-order valence-electron chi connectivity index (χ0n) is 34.9. The van der Waals surface area contributed by atoms with Crippen molar-refractivity contribution in [3.05, 3.63) is 47.6 Å². The monoisotopic (exact) mass is 758 g/mol. The second kappa shape index (κ2) is 16.3. The van der Waals surface area contributed by atoms with Gasteiger partial charge in [0.2, 0.25) is 0 Å². The van der Waals surface area contributed by atoms with Crippen LogP contribution in [0.5, 0.6) is 11.5 Å². The predicted molar refractivity (Wildman–Crippen MR) is 203 cm³/mol. The third kappa shape index (κ3) is 13.6. The minimum atomic E-state index is -1.33. The van der Waals surface area contributed by atoms with Gasteiger partial charge in [0.1, 0.15) is 22.4 Å². The van der Waals surface area contributed by atoms with E-state index in [9.17, 15) is 19.2 Å². The van der Waals surface area contributed by atoms with Gasteiger partial charge in [-0.3, -0.25) is 0 Å². The van der Waals surface area contributed by atoms with Crippen LogP contribution in [-0.2, 0) is 33.8 Å². The second-order valence-corrected chi connectivity index (χ2v) is 18.8. The molecule has 0 heterocycles. The predicted octanol–water partition coefficient (Wildman–Crippen LogP) is 10.9. The molecular weight excluding hydrogens is 696 g/mol. The van der Waals surface area contributed by atoms with Crippen LogP contribution in [0, 0.1) is 11.8 Å². The van der Waals surface area contributed by atoms with E-state index in [0.29, 0.717) is 0 Å². The van der Waals surface area contributed by atoms with E-state index in [0.717, 1.165) is 36.8 Å². The molecule has 1 aromatic carbocycles. The molecule has 54 heavy (non-hydrogen) atoms. The zero-order chi connectivity index (χ0) is 41.1. The van der Waals surface area contributed by atoms with Crippen LogP contribution in [0.4, 0.5) is 19.2 Å². The molecule has 2 unspecified atom stereocenters. The largest absolute Gasteiger partial charge is 0.514 e. The van der Waals surface area contributed by atoms with Crippen molar-refractivity contribution in [2.45, 2.75) is 169 Å². The molecule has 1 saturated carbocycles. The van der Waals surface area contributed by atoms with E-state index < -0.39 is 58.7 Å². The summed E-state index contributed by atoms with van der Waals surface area (Å²) in [5.41, 5.74) is -2.99. The zero-order valence-corrected chi connectivity index (χ0v) is 34.9. The maximum absolute atomic E-state index is 12.8. The van der Waals surface area contributed by atoms with Gasteiger partial charge in [-0.2, -0.15) is 0 Å². The topological polar surface area (TPSA) is 142 Å². The lowest BCUT2D eigenvalue weighted by Gasteiger charge is -2.41. The van der Waals surface area contributed by atoms with Gasteiger partial charge in [-0.1, -0.05) is 26.0 Å². The van der Waals surface area contributed by atoms with Crippen LogP contribution in [0.15, 0.2) is 42.0 Å². The minimum absolute atomic E-state index is 0.0280. The fourth-order valence-electron chi connectivity index (χ4n) is 6.27. The number of hydrogen-bond acceptors (Lipinski definition) is 12. The Morgan fingerprint density at radius 2 is 1.07 bits per heavy atom. The van der Waals surface area contributed by atoms with Crippen molar-refractivity contribution >= 4 is 24.6 Å².